The molecule has 2 heteroatoms. The molecule has 1 N–H and O–H groups in total. The van der Waals surface area contributed by atoms with Crippen molar-refractivity contribution in [2.45, 2.75) is 64.0 Å². The Labute approximate surface area is 98.8 Å². The smallest absolute Gasteiger partial charge is 0.0161 e. The van der Waals surface area contributed by atoms with Gasteiger partial charge in [0.15, 0.2) is 0 Å². The molecule has 2 fully saturated rings. The lowest BCUT2D eigenvalue weighted by atomic mass is 9.82. The molecule has 0 aromatic carbocycles. The second-order valence-electron chi connectivity index (χ2n) is 5.14. The first kappa shape index (κ1) is 11.8. The molecule has 3 unspecified atom stereocenters. The van der Waals surface area contributed by atoms with Gasteiger partial charge in [-0.15, -0.1) is 0 Å². The highest BCUT2D eigenvalue weighted by Gasteiger charge is 2.26. The third-order valence-corrected chi connectivity index (χ3v) is 5.26. The Morgan fingerprint density at radius 1 is 1.13 bits per heavy atom. The van der Waals surface area contributed by atoms with E-state index < -0.39 is 0 Å². The van der Waals surface area contributed by atoms with Crippen molar-refractivity contribution in [1.29, 1.82) is 0 Å². The first-order chi connectivity index (χ1) is 7.40. The van der Waals surface area contributed by atoms with E-state index in [0.717, 1.165) is 18.0 Å². The zero-order chi connectivity index (χ0) is 10.5. The van der Waals surface area contributed by atoms with Gasteiger partial charge in [-0.25, -0.2) is 0 Å². The lowest BCUT2D eigenvalue weighted by Gasteiger charge is -2.36. The molecule has 2 aliphatic rings. The van der Waals surface area contributed by atoms with Crippen LogP contribution in [0.3, 0.4) is 0 Å². The average molecular weight is 227 g/mol. The molecule has 3 atom stereocenters. The summed E-state index contributed by atoms with van der Waals surface area (Å²) in [4.78, 5) is 0. The van der Waals surface area contributed by atoms with Crippen LogP contribution in [0, 0.1) is 5.92 Å². The second-order valence-corrected chi connectivity index (χ2v) is 6.29. The first-order valence-corrected chi connectivity index (χ1v) is 7.89. The van der Waals surface area contributed by atoms with E-state index in [9.17, 15) is 0 Å². The summed E-state index contributed by atoms with van der Waals surface area (Å²) in [5, 5.41) is 3.94. The SMILES string of the molecule is CCC1CCCCC1NC1CCCSC1. The summed E-state index contributed by atoms with van der Waals surface area (Å²) < 4.78 is 0. The fourth-order valence-electron chi connectivity index (χ4n) is 3.09. The van der Waals surface area contributed by atoms with Gasteiger partial charge in [-0.05, 0) is 37.4 Å². The van der Waals surface area contributed by atoms with Crippen molar-refractivity contribution in [2.24, 2.45) is 5.92 Å². The Morgan fingerprint density at radius 2 is 2.00 bits per heavy atom. The Morgan fingerprint density at radius 3 is 2.73 bits per heavy atom. The molecule has 88 valence electrons. The van der Waals surface area contributed by atoms with Crippen molar-refractivity contribution in [2.75, 3.05) is 11.5 Å². The van der Waals surface area contributed by atoms with Gasteiger partial charge in [-0.3, -0.25) is 0 Å². The number of rotatable bonds is 3. The summed E-state index contributed by atoms with van der Waals surface area (Å²) in [6, 6.07) is 1.66. The summed E-state index contributed by atoms with van der Waals surface area (Å²) in [5.74, 6) is 3.71. The van der Waals surface area contributed by atoms with Gasteiger partial charge >= 0.3 is 0 Å². The summed E-state index contributed by atoms with van der Waals surface area (Å²) in [7, 11) is 0. The molecule has 0 spiro atoms. The van der Waals surface area contributed by atoms with Crippen LogP contribution in [0.25, 0.3) is 0 Å². The van der Waals surface area contributed by atoms with E-state index in [1.807, 2.05) is 0 Å². The van der Waals surface area contributed by atoms with Crippen LogP contribution in [0.2, 0.25) is 0 Å². The summed E-state index contributed by atoms with van der Waals surface area (Å²) in [6.45, 7) is 2.36. The quantitative estimate of drug-likeness (QED) is 0.792. The normalized spacial score (nSPS) is 37.8. The van der Waals surface area contributed by atoms with Gasteiger partial charge < -0.3 is 5.32 Å². The lowest BCUT2D eigenvalue weighted by Crippen LogP contribution is -2.46. The minimum Gasteiger partial charge on any atom is -0.310 e. The predicted octanol–water partition coefficient (Wildman–Crippen LogP) is 3.44. The van der Waals surface area contributed by atoms with E-state index in [-0.39, 0.29) is 0 Å². The fraction of sp³-hybridized carbons (Fsp3) is 1.00. The number of nitrogens with one attached hydrogen (secondary N) is 1. The van der Waals surface area contributed by atoms with Crippen molar-refractivity contribution in [1.82, 2.24) is 5.32 Å². The van der Waals surface area contributed by atoms with Gasteiger partial charge in [-0.2, -0.15) is 11.8 Å². The van der Waals surface area contributed by atoms with Crippen LogP contribution in [0.4, 0.5) is 0 Å². The highest BCUT2D eigenvalue weighted by atomic mass is 32.2. The third-order valence-electron chi connectivity index (χ3n) is 4.04. The maximum Gasteiger partial charge on any atom is 0.0161 e. The third kappa shape index (κ3) is 3.39. The van der Waals surface area contributed by atoms with Gasteiger partial charge in [0.25, 0.3) is 0 Å². The molecule has 1 aliphatic heterocycles. The Hall–Kier alpha value is 0.310. The van der Waals surface area contributed by atoms with Crippen molar-refractivity contribution >= 4 is 11.8 Å². The van der Waals surface area contributed by atoms with Crippen LogP contribution in [0.5, 0.6) is 0 Å². The molecule has 1 nitrogen and oxygen atoms in total. The van der Waals surface area contributed by atoms with Gasteiger partial charge in [0.1, 0.15) is 0 Å². The van der Waals surface area contributed by atoms with Crippen LogP contribution in [-0.2, 0) is 0 Å². The lowest BCUT2D eigenvalue weighted by molar-refractivity contribution is 0.237. The summed E-state index contributed by atoms with van der Waals surface area (Å²) in [6.07, 6.45) is 10.0. The van der Waals surface area contributed by atoms with Crippen molar-refractivity contribution in [3.8, 4) is 0 Å². The fourth-order valence-corrected chi connectivity index (χ4v) is 4.18. The molecular weight excluding hydrogens is 202 g/mol. The molecule has 0 aromatic heterocycles. The maximum atomic E-state index is 3.94. The second kappa shape index (κ2) is 6.15. The largest absolute Gasteiger partial charge is 0.310 e. The van der Waals surface area contributed by atoms with Gasteiger partial charge in [0.05, 0.1) is 0 Å². The zero-order valence-corrected chi connectivity index (χ0v) is 10.8. The molecule has 15 heavy (non-hydrogen) atoms. The Balaban J connectivity index is 1.79. The average Bonchev–Trinajstić information content (AvgIpc) is 2.31. The molecule has 1 saturated heterocycles. The van der Waals surface area contributed by atoms with E-state index in [1.165, 1.54) is 56.5 Å². The van der Waals surface area contributed by atoms with Gasteiger partial charge in [0.2, 0.25) is 0 Å². The molecule has 0 amide bonds. The van der Waals surface area contributed by atoms with Crippen LogP contribution in [0.1, 0.15) is 51.9 Å². The van der Waals surface area contributed by atoms with Crippen LogP contribution < -0.4 is 5.32 Å². The minimum atomic E-state index is 0.820. The van der Waals surface area contributed by atoms with Crippen molar-refractivity contribution in [3.05, 3.63) is 0 Å². The van der Waals surface area contributed by atoms with Gasteiger partial charge in [-0.1, -0.05) is 26.2 Å². The van der Waals surface area contributed by atoms with E-state index in [4.69, 9.17) is 0 Å². The van der Waals surface area contributed by atoms with E-state index in [2.05, 4.69) is 24.0 Å². The van der Waals surface area contributed by atoms with E-state index in [1.54, 1.807) is 0 Å². The summed E-state index contributed by atoms with van der Waals surface area (Å²) >= 11 is 2.14. The van der Waals surface area contributed by atoms with E-state index >= 15 is 0 Å². The molecule has 1 saturated carbocycles. The predicted molar refractivity (Wildman–Crippen MR) is 69.5 cm³/mol. The molecule has 2 rings (SSSR count). The summed E-state index contributed by atoms with van der Waals surface area (Å²) in [5.41, 5.74) is 0. The Bertz CT molecular complexity index is 177. The van der Waals surface area contributed by atoms with Gasteiger partial charge in [0, 0.05) is 17.8 Å². The molecule has 0 radical (unpaired) electrons. The molecule has 0 aromatic rings. The highest BCUT2D eigenvalue weighted by Crippen LogP contribution is 2.28. The van der Waals surface area contributed by atoms with Crippen LogP contribution in [-0.4, -0.2) is 23.6 Å². The van der Waals surface area contributed by atoms with Crippen molar-refractivity contribution < 1.29 is 0 Å². The minimum absolute atomic E-state index is 0.820. The highest BCUT2D eigenvalue weighted by molar-refractivity contribution is 7.99. The standard InChI is InChI=1S/C13H25NS/c1-2-11-6-3-4-8-13(11)14-12-7-5-9-15-10-12/h11-14H,2-10H2,1H3. The van der Waals surface area contributed by atoms with E-state index in [0.29, 0.717) is 0 Å². The molecule has 1 aliphatic carbocycles. The molecule has 1 heterocycles. The molecular formula is C13H25NS. The first-order valence-electron chi connectivity index (χ1n) is 6.74. The zero-order valence-electron chi connectivity index (χ0n) is 10.0. The van der Waals surface area contributed by atoms with Crippen LogP contribution in [0.15, 0.2) is 0 Å². The van der Waals surface area contributed by atoms with Crippen LogP contribution >= 0.6 is 11.8 Å². The van der Waals surface area contributed by atoms with Crippen molar-refractivity contribution in [3.63, 3.8) is 0 Å². The maximum absolute atomic E-state index is 3.94. The Kier molecular flexibility index (Phi) is 4.83. The number of thioether (sulfide) groups is 1. The topological polar surface area (TPSA) is 12.0 Å². The monoisotopic (exact) mass is 227 g/mol. The molecule has 0 bridgehead atoms. The number of hydrogen-bond acceptors (Lipinski definition) is 2. The number of hydrogen-bond donors (Lipinski definition) is 1.